The van der Waals surface area contributed by atoms with Crippen molar-refractivity contribution in [3.8, 4) is 6.07 Å². The van der Waals surface area contributed by atoms with Crippen LogP contribution in [0.1, 0.15) is 11.1 Å². The van der Waals surface area contributed by atoms with Crippen LogP contribution < -0.4 is 0 Å². The molecule has 1 nitrogen and oxygen atoms in total. The molecule has 0 fully saturated rings. The summed E-state index contributed by atoms with van der Waals surface area (Å²) >= 11 is 6.03. The number of hydrogen-bond donors (Lipinski definition) is 0. The maximum Gasteiger partial charge on any atom is 0.100 e. The molecule has 14 heavy (non-hydrogen) atoms. The molecule has 2 rings (SSSR count). The van der Waals surface area contributed by atoms with Gasteiger partial charge in [-0.3, -0.25) is 0 Å². The highest BCUT2D eigenvalue weighted by atomic mass is 35.5. The second-order valence-electron chi connectivity index (χ2n) is 3.20. The summed E-state index contributed by atoms with van der Waals surface area (Å²) in [6.45, 7) is 1.93. The van der Waals surface area contributed by atoms with Crippen molar-refractivity contribution >= 4 is 22.4 Å². The van der Waals surface area contributed by atoms with Gasteiger partial charge in [-0.05, 0) is 18.6 Å². The molecule has 0 spiro atoms. The number of nitrogens with zero attached hydrogens (tertiary/aromatic N) is 1. The number of halogens is 1. The van der Waals surface area contributed by atoms with Crippen LogP contribution >= 0.6 is 11.6 Å². The molecule has 0 aliphatic carbocycles. The highest BCUT2D eigenvalue weighted by molar-refractivity contribution is 6.35. The maximum atomic E-state index is 9.01. The minimum absolute atomic E-state index is 0.694. The molecule has 0 saturated carbocycles. The van der Waals surface area contributed by atoms with Gasteiger partial charge in [0.1, 0.15) is 6.07 Å². The van der Waals surface area contributed by atoms with Gasteiger partial charge in [-0.2, -0.15) is 5.26 Å². The zero-order valence-electron chi connectivity index (χ0n) is 7.71. The van der Waals surface area contributed by atoms with Gasteiger partial charge < -0.3 is 0 Å². The van der Waals surface area contributed by atoms with Gasteiger partial charge >= 0.3 is 0 Å². The van der Waals surface area contributed by atoms with Crippen LogP contribution in [0.5, 0.6) is 0 Å². The van der Waals surface area contributed by atoms with Crippen LogP contribution in [0.15, 0.2) is 30.3 Å². The summed E-state index contributed by atoms with van der Waals surface area (Å²) in [6.07, 6.45) is 0. The van der Waals surface area contributed by atoms with E-state index in [2.05, 4.69) is 6.07 Å². The summed E-state index contributed by atoms with van der Waals surface area (Å²) in [5, 5.41) is 11.6. The van der Waals surface area contributed by atoms with Crippen LogP contribution in [-0.4, -0.2) is 0 Å². The largest absolute Gasteiger partial charge is 0.192 e. The van der Waals surface area contributed by atoms with Crippen molar-refractivity contribution in [2.24, 2.45) is 0 Å². The fraction of sp³-hybridized carbons (Fsp3) is 0.0833. The fourth-order valence-electron chi connectivity index (χ4n) is 1.58. The fourth-order valence-corrected chi connectivity index (χ4v) is 1.81. The summed E-state index contributed by atoms with van der Waals surface area (Å²) in [4.78, 5) is 0. The lowest BCUT2D eigenvalue weighted by Crippen LogP contribution is -1.85. The van der Waals surface area contributed by atoms with E-state index in [0.29, 0.717) is 10.6 Å². The van der Waals surface area contributed by atoms with Gasteiger partial charge in [-0.25, -0.2) is 0 Å². The molecule has 0 bridgehead atoms. The predicted octanol–water partition coefficient (Wildman–Crippen LogP) is 3.67. The van der Waals surface area contributed by atoms with Gasteiger partial charge in [0.05, 0.1) is 5.56 Å². The molecule has 0 N–H and O–H groups in total. The number of nitriles is 1. The Labute approximate surface area is 87.5 Å². The topological polar surface area (TPSA) is 23.8 Å². The number of rotatable bonds is 0. The van der Waals surface area contributed by atoms with E-state index in [-0.39, 0.29) is 0 Å². The van der Waals surface area contributed by atoms with Crippen molar-refractivity contribution in [1.29, 1.82) is 5.26 Å². The zero-order valence-corrected chi connectivity index (χ0v) is 8.47. The second kappa shape index (κ2) is 3.32. The normalized spacial score (nSPS) is 10.1. The summed E-state index contributed by atoms with van der Waals surface area (Å²) < 4.78 is 0. The number of hydrogen-bond acceptors (Lipinski definition) is 1. The first-order valence-corrected chi connectivity index (χ1v) is 4.70. The smallest absolute Gasteiger partial charge is 0.100 e. The third-order valence-electron chi connectivity index (χ3n) is 2.33. The number of benzene rings is 2. The van der Waals surface area contributed by atoms with Crippen LogP contribution in [0.3, 0.4) is 0 Å². The lowest BCUT2D eigenvalue weighted by Gasteiger charge is -2.04. The molecule has 2 heteroatoms. The maximum absolute atomic E-state index is 9.01. The average molecular weight is 202 g/mol. The first-order chi connectivity index (χ1) is 6.74. The Morgan fingerprint density at radius 1 is 1.14 bits per heavy atom. The molecular weight excluding hydrogens is 194 g/mol. The first-order valence-electron chi connectivity index (χ1n) is 4.32. The second-order valence-corrected chi connectivity index (χ2v) is 3.61. The quantitative estimate of drug-likeness (QED) is 0.638. The van der Waals surface area contributed by atoms with Crippen LogP contribution in [-0.2, 0) is 0 Å². The summed E-state index contributed by atoms with van der Waals surface area (Å²) in [5.41, 5.74) is 1.70. The first kappa shape index (κ1) is 9.05. The molecule has 2 aromatic carbocycles. The van der Waals surface area contributed by atoms with Crippen molar-refractivity contribution in [1.82, 2.24) is 0 Å². The molecule has 68 valence electrons. The number of fused-ring (bicyclic) bond motifs is 1. The molecule has 2 aromatic rings. The highest BCUT2D eigenvalue weighted by Gasteiger charge is 2.05. The molecule has 0 radical (unpaired) electrons. The van der Waals surface area contributed by atoms with Gasteiger partial charge in [-0.1, -0.05) is 35.9 Å². The van der Waals surface area contributed by atoms with Crippen LogP contribution in [0.4, 0.5) is 0 Å². The standard InChI is InChI=1S/C12H8ClN/c1-8-5-6-10-9(11(8)7-14)3-2-4-12(10)13/h2-6H,1H3. The molecule has 0 atom stereocenters. The molecule has 0 aromatic heterocycles. The van der Waals surface area contributed by atoms with Crippen LogP contribution in [0, 0.1) is 18.3 Å². The van der Waals surface area contributed by atoms with Gasteiger partial charge in [0.2, 0.25) is 0 Å². The van der Waals surface area contributed by atoms with E-state index in [0.717, 1.165) is 16.3 Å². The molecular formula is C12H8ClN. The van der Waals surface area contributed by atoms with E-state index < -0.39 is 0 Å². The van der Waals surface area contributed by atoms with Gasteiger partial charge in [0, 0.05) is 15.8 Å². The van der Waals surface area contributed by atoms with Gasteiger partial charge in [0.15, 0.2) is 0 Å². The monoisotopic (exact) mass is 201 g/mol. The third kappa shape index (κ3) is 1.25. The van der Waals surface area contributed by atoms with Crippen molar-refractivity contribution in [2.45, 2.75) is 6.92 Å². The molecule has 0 aliphatic rings. The molecule has 0 saturated heterocycles. The van der Waals surface area contributed by atoms with Gasteiger partial charge in [0.25, 0.3) is 0 Å². The third-order valence-corrected chi connectivity index (χ3v) is 2.66. The van der Waals surface area contributed by atoms with E-state index in [9.17, 15) is 0 Å². The van der Waals surface area contributed by atoms with E-state index in [1.54, 1.807) is 0 Å². The lowest BCUT2D eigenvalue weighted by atomic mass is 10.0. The van der Waals surface area contributed by atoms with E-state index in [1.807, 2.05) is 37.3 Å². The summed E-state index contributed by atoms with van der Waals surface area (Å²) in [6, 6.07) is 11.7. The average Bonchev–Trinajstić information content (AvgIpc) is 2.18. The highest BCUT2D eigenvalue weighted by Crippen LogP contribution is 2.27. The van der Waals surface area contributed by atoms with E-state index in [4.69, 9.17) is 16.9 Å². The minimum Gasteiger partial charge on any atom is -0.192 e. The number of aryl methyl sites for hydroxylation is 1. The van der Waals surface area contributed by atoms with Crippen molar-refractivity contribution in [3.63, 3.8) is 0 Å². The summed E-state index contributed by atoms with van der Waals surface area (Å²) in [5.74, 6) is 0. The Hall–Kier alpha value is -1.52. The Morgan fingerprint density at radius 3 is 2.64 bits per heavy atom. The van der Waals surface area contributed by atoms with Crippen molar-refractivity contribution < 1.29 is 0 Å². The minimum atomic E-state index is 0.694. The SMILES string of the molecule is Cc1ccc2c(Cl)cccc2c1C#N. The van der Waals surface area contributed by atoms with Gasteiger partial charge in [-0.15, -0.1) is 0 Å². The van der Waals surface area contributed by atoms with E-state index >= 15 is 0 Å². The molecule has 0 heterocycles. The Balaban J connectivity index is 2.97. The van der Waals surface area contributed by atoms with Crippen molar-refractivity contribution in [3.05, 3.63) is 46.5 Å². The lowest BCUT2D eigenvalue weighted by molar-refractivity contribution is 1.42. The van der Waals surface area contributed by atoms with Crippen LogP contribution in [0.25, 0.3) is 10.8 Å². The molecule has 0 amide bonds. The zero-order chi connectivity index (χ0) is 10.1. The summed E-state index contributed by atoms with van der Waals surface area (Å²) in [7, 11) is 0. The Kier molecular flexibility index (Phi) is 2.15. The van der Waals surface area contributed by atoms with E-state index in [1.165, 1.54) is 0 Å². The molecule has 0 aliphatic heterocycles. The Morgan fingerprint density at radius 2 is 1.93 bits per heavy atom. The van der Waals surface area contributed by atoms with Crippen molar-refractivity contribution in [2.75, 3.05) is 0 Å². The predicted molar refractivity (Wildman–Crippen MR) is 58.4 cm³/mol. The Bertz CT molecular complexity index is 538. The molecule has 0 unspecified atom stereocenters. The van der Waals surface area contributed by atoms with Crippen LogP contribution in [0.2, 0.25) is 5.02 Å².